The number of piperidine rings is 1. The van der Waals surface area contributed by atoms with Crippen LogP contribution in [0.3, 0.4) is 0 Å². The minimum Gasteiger partial charge on any atom is -0.493 e. The summed E-state index contributed by atoms with van der Waals surface area (Å²) < 4.78 is 5.48. The van der Waals surface area contributed by atoms with Crippen LogP contribution in [0.2, 0.25) is 0 Å². The summed E-state index contributed by atoms with van der Waals surface area (Å²) in [5.74, 6) is 1.83. The minimum atomic E-state index is 0.169. The van der Waals surface area contributed by atoms with Crippen LogP contribution >= 0.6 is 15.9 Å². The third-order valence-corrected chi connectivity index (χ3v) is 4.97. The Morgan fingerprint density at radius 1 is 1.37 bits per heavy atom. The Morgan fingerprint density at radius 2 is 2.16 bits per heavy atom. The number of likely N-dealkylation sites (tertiary alicyclic amines) is 1. The first-order valence-electron chi connectivity index (χ1n) is 6.89. The monoisotopic (exact) mass is 323 g/mol. The van der Waals surface area contributed by atoms with Crippen molar-refractivity contribution in [3.63, 3.8) is 0 Å². The largest absolute Gasteiger partial charge is 0.493 e. The van der Waals surface area contributed by atoms with Crippen LogP contribution in [0.5, 0.6) is 5.75 Å². The molecule has 2 aliphatic rings. The lowest BCUT2D eigenvalue weighted by atomic mass is 9.98. The first-order chi connectivity index (χ1) is 9.28. The Morgan fingerprint density at radius 3 is 2.89 bits per heavy atom. The molecule has 0 bridgehead atoms. The molecule has 0 spiro atoms. The molecular formula is C15H18BrNO2. The van der Waals surface area contributed by atoms with Crippen molar-refractivity contribution in [1.82, 2.24) is 4.90 Å². The molecule has 0 aromatic heterocycles. The molecule has 2 heterocycles. The average molecular weight is 324 g/mol. The maximum atomic E-state index is 12.5. The summed E-state index contributed by atoms with van der Waals surface area (Å²) in [5, 5.41) is 1.05. The van der Waals surface area contributed by atoms with Gasteiger partial charge in [0.2, 0.25) is 0 Å². The molecule has 1 fully saturated rings. The molecule has 4 heteroatoms. The number of hydrogen-bond donors (Lipinski definition) is 0. The second-order valence-corrected chi connectivity index (χ2v) is 5.96. The SMILES string of the molecule is O=C(c1ccc2c(c1)CCO2)N1CCC(CBr)CC1. The maximum absolute atomic E-state index is 12.5. The van der Waals surface area contributed by atoms with Gasteiger partial charge in [0.15, 0.2) is 0 Å². The predicted octanol–water partition coefficient (Wildman–Crippen LogP) is 2.87. The van der Waals surface area contributed by atoms with Crippen molar-refractivity contribution < 1.29 is 9.53 Å². The Hall–Kier alpha value is -1.03. The van der Waals surface area contributed by atoms with Crippen molar-refractivity contribution in [3.05, 3.63) is 29.3 Å². The molecule has 0 radical (unpaired) electrons. The van der Waals surface area contributed by atoms with E-state index in [1.165, 1.54) is 5.56 Å². The van der Waals surface area contributed by atoms with E-state index in [9.17, 15) is 4.79 Å². The third kappa shape index (κ3) is 2.64. The zero-order valence-corrected chi connectivity index (χ0v) is 12.5. The second kappa shape index (κ2) is 5.53. The van der Waals surface area contributed by atoms with E-state index >= 15 is 0 Å². The van der Waals surface area contributed by atoms with Gasteiger partial charge in [-0.1, -0.05) is 15.9 Å². The maximum Gasteiger partial charge on any atom is 0.253 e. The van der Waals surface area contributed by atoms with E-state index in [-0.39, 0.29) is 5.91 Å². The number of amides is 1. The number of fused-ring (bicyclic) bond motifs is 1. The fraction of sp³-hybridized carbons (Fsp3) is 0.533. The van der Waals surface area contributed by atoms with Crippen LogP contribution in [0, 0.1) is 5.92 Å². The Kier molecular flexibility index (Phi) is 3.78. The smallest absolute Gasteiger partial charge is 0.253 e. The fourth-order valence-corrected chi connectivity index (χ4v) is 3.44. The van der Waals surface area contributed by atoms with E-state index in [1.54, 1.807) is 0 Å². The molecule has 1 amide bonds. The van der Waals surface area contributed by atoms with Crippen LogP contribution in [-0.2, 0) is 6.42 Å². The van der Waals surface area contributed by atoms with Gasteiger partial charge in [0, 0.05) is 30.4 Å². The van der Waals surface area contributed by atoms with Crippen LogP contribution in [0.4, 0.5) is 0 Å². The number of carbonyl (C=O) groups excluding carboxylic acids is 1. The summed E-state index contributed by atoms with van der Waals surface area (Å²) in [7, 11) is 0. The van der Waals surface area contributed by atoms with Crippen molar-refractivity contribution in [2.75, 3.05) is 25.0 Å². The lowest BCUT2D eigenvalue weighted by Crippen LogP contribution is -2.38. The number of ether oxygens (including phenoxy) is 1. The predicted molar refractivity (Wildman–Crippen MR) is 78.1 cm³/mol. The lowest BCUT2D eigenvalue weighted by Gasteiger charge is -2.31. The molecule has 0 saturated carbocycles. The first-order valence-corrected chi connectivity index (χ1v) is 8.01. The molecule has 2 aliphatic heterocycles. The topological polar surface area (TPSA) is 29.5 Å². The number of benzene rings is 1. The Bertz CT molecular complexity index is 481. The van der Waals surface area contributed by atoms with Crippen LogP contribution in [-0.4, -0.2) is 35.8 Å². The summed E-state index contributed by atoms with van der Waals surface area (Å²) in [6, 6.07) is 5.82. The van der Waals surface area contributed by atoms with E-state index in [0.717, 1.165) is 61.5 Å². The molecule has 1 saturated heterocycles. The van der Waals surface area contributed by atoms with Gasteiger partial charge in [0.1, 0.15) is 5.75 Å². The zero-order chi connectivity index (χ0) is 13.2. The number of halogens is 1. The summed E-state index contributed by atoms with van der Waals surface area (Å²) in [6.45, 7) is 2.50. The lowest BCUT2D eigenvalue weighted by molar-refractivity contribution is 0.0699. The van der Waals surface area contributed by atoms with Crippen molar-refractivity contribution >= 4 is 21.8 Å². The van der Waals surface area contributed by atoms with E-state index in [4.69, 9.17) is 4.74 Å². The average Bonchev–Trinajstić information content (AvgIpc) is 2.94. The molecule has 19 heavy (non-hydrogen) atoms. The minimum absolute atomic E-state index is 0.169. The van der Waals surface area contributed by atoms with Gasteiger partial charge in [0.25, 0.3) is 5.91 Å². The normalized spacial score (nSPS) is 19.1. The van der Waals surface area contributed by atoms with Crippen molar-refractivity contribution in [3.8, 4) is 5.75 Å². The van der Waals surface area contributed by atoms with Gasteiger partial charge in [-0.05, 0) is 42.5 Å². The van der Waals surface area contributed by atoms with E-state index in [2.05, 4.69) is 15.9 Å². The van der Waals surface area contributed by atoms with E-state index in [0.29, 0.717) is 0 Å². The molecule has 0 N–H and O–H groups in total. The fourth-order valence-electron chi connectivity index (χ4n) is 2.79. The molecule has 1 aromatic carbocycles. The van der Waals surface area contributed by atoms with Gasteiger partial charge in [-0.3, -0.25) is 4.79 Å². The summed E-state index contributed by atoms with van der Waals surface area (Å²) >= 11 is 3.53. The highest BCUT2D eigenvalue weighted by Gasteiger charge is 2.24. The summed E-state index contributed by atoms with van der Waals surface area (Å²) in [6.07, 6.45) is 3.12. The third-order valence-electron chi connectivity index (χ3n) is 4.06. The highest BCUT2D eigenvalue weighted by atomic mass is 79.9. The molecule has 3 rings (SSSR count). The van der Waals surface area contributed by atoms with Crippen molar-refractivity contribution in [2.45, 2.75) is 19.3 Å². The molecule has 3 nitrogen and oxygen atoms in total. The quantitative estimate of drug-likeness (QED) is 0.783. The summed E-state index contributed by atoms with van der Waals surface area (Å²) in [4.78, 5) is 14.5. The van der Waals surface area contributed by atoms with E-state index in [1.807, 2.05) is 23.1 Å². The van der Waals surface area contributed by atoms with E-state index < -0.39 is 0 Å². The first kappa shape index (κ1) is 13.0. The summed E-state index contributed by atoms with van der Waals surface area (Å²) in [5.41, 5.74) is 1.97. The van der Waals surface area contributed by atoms with Crippen LogP contribution < -0.4 is 4.74 Å². The van der Waals surface area contributed by atoms with Crippen molar-refractivity contribution in [2.24, 2.45) is 5.92 Å². The highest BCUT2D eigenvalue weighted by molar-refractivity contribution is 9.09. The zero-order valence-electron chi connectivity index (χ0n) is 10.9. The molecule has 0 unspecified atom stereocenters. The van der Waals surface area contributed by atoms with Crippen LogP contribution in [0.1, 0.15) is 28.8 Å². The van der Waals surface area contributed by atoms with Gasteiger partial charge < -0.3 is 9.64 Å². The highest BCUT2D eigenvalue weighted by Crippen LogP contribution is 2.27. The number of rotatable bonds is 2. The number of hydrogen-bond acceptors (Lipinski definition) is 2. The van der Waals surface area contributed by atoms with Gasteiger partial charge in [-0.2, -0.15) is 0 Å². The second-order valence-electron chi connectivity index (χ2n) is 5.31. The molecule has 0 atom stereocenters. The molecule has 102 valence electrons. The van der Waals surface area contributed by atoms with Gasteiger partial charge >= 0.3 is 0 Å². The molecule has 0 aliphatic carbocycles. The Balaban J connectivity index is 1.70. The molecular weight excluding hydrogens is 306 g/mol. The van der Waals surface area contributed by atoms with Gasteiger partial charge in [0.05, 0.1) is 6.61 Å². The number of carbonyl (C=O) groups is 1. The van der Waals surface area contributed by atoms with Crippen LogP contribution in [0.25, 0.3) is 0 Å². The number of nitrogens with zero attached hydrogens (tertiary/aromatic N) is 1. The van der Waals surface area contributed by atoms with Crippen LogP contribution in [0.15, 0.2) is 18.2 Å². The number of alkyl halides is 1. The van der Waals surface area contributed by atoms with Gasteiger partial charge in [-0.15, -0.1) is 0 Å². The molecule has 1 aromatic rings. The van der Waals surface area contributed by atoms with Crippen molar-refractivity contribution in [1.29, 1.82) is 0 Å². The van der Waals surface area contributed by atoms with Gasteiger partial charge in [-0.25, -0.2) is 0 Å². The standard InChI is InChI=1S/C15H18BrNO2/c16-10-11-3-6-17(7-4-11)15(18)13-1-2-14-12(9-13)5-8-19-14/h1-2,9,11H,3-8,10H2. The Labute approximate surface area is 122 Å².